The summed E-state index contributed by atoms with van der Waals surface area (Å²) in [6.45, 7) is 4.38. The average molecular weight is 320 g/mol. The van der Waals surface area contributed by atoms with E-state index in [1.54, 1.807) is 12.4 Å². The van der Waals surface area contributed by atoms with Gasteiger partial charge in [0.2, 0.25) is 0 Å². The van der Waals surface area contributed by atoms with Crippen LogP contribution >= 0.6 is 0 Å². The highest BCUT2D eigenvalue weighted by molar-refractivity contribution is 6.01. The first kappa shape index (κ1) is 16.0. The van der Waals surface area contributed by atoms with Gasteiger partial charge in [-0.25, -0.2) is 0 Å². The average Bonchev–Trinajstić information content (AvgIpc) is 2.62. The third kappa shape index (κ3) is 3.38. The fourth-order valence-electron chi connectivity index (χ4n) is 2.68. The van der Waals surface area contributed by atoms with Crippen molar-refractivity contribution in [2.45, 2.75) is 19.9 Å². The Hall–Kier alpha value is -2.88. The first-order valence-corrected chi connectivity index (χ1v) is 8.05. The molecule has 0 fully saturated rings. The molecule has 4 heteroatoms. The van der Waals surface area contributed by atoms with Crippen LogP contribution in [0.4, 0.5) is 0 Å². The largest absolute Gasteiger partial charge is 0.493 e. The van der Waals surface area contributed by atoms with Crippen molar-refractivity contribution in [3.63, 3.8) is 0 Å². The van der Waals surface area contributed by atoms with Gasteiger partial charge in [-0.3, -0.25) is 9.78 Å². The summed E-state index contributed by atoms with van der Waals surface area (Å²) < 4.78 is 5.68. The van der Waals surface area contributed by atoms with Gasteiger partial charge in [-0.05, 0) is 54.4 Å². The predicted molar refractivity (Wildman–Crippen MR) is 95.2 cm³/mol. The lowest BCUT2D eigenvalue weighted by Crippen LogP contribution is -2.27. The van der Waals surface area contributed by atoms with E-state index in [0.29, 0.717) is 17.9 Å². The summed E-state index contributed by atoms with van der Waals surface area (Å²) in [7, 11) is 0. The number of carbonyl (C=O) groups excluding carboxylic acids is 1. The summed E-state index contributed by atoms with van der Waals surface area (Å²) in [5.41, 5.74) is 1.56. The van der Waals surface area contributed by atoms with E-state index in [1.165, 1.54) is 0 Å². The molecule has 0 aliphatic rings. The number of aromatic nitrogens is 1. The van der Waals surface area contributed by atoms with Gasteiger partial charge in [-0.1, -0.05) is 24.3 Å². The molecule has 1 atom stereocenters. The van der Waals surface area contributed by atoms with E-state index in [0.717, 1.165) is 16.3 Å². The molecule has 2 aromatic carbocycles. The Morgan fingerprint density at radius 2 is 1.79 bits per heavy atom. The van der Waals surface area contributed by atoms with Gasteiger partial charge in [0.1, 0.15) is 5.75 Å². The normalized spacial score (nSPS) is 11.9. The fraction of sp³-hybridized carbons (Fsp3) is 0.200. The zero-order valence-corrected chi connectivity index (χ0v) is 13.8. The number of hydrogen-bond donors (Lipinski definition) is 1. The maximum Gasteiger partial charge on any atom is 0.255 e. The highest BCUT2D eigenvalue weighted by Crippen LogP contribution is 2.27. The second-order valence-electron chi connectivity index (χ2n) is 5.60. The standard InChI is InChI=1S/C20H20N2O2/c1-3-24-19-13-17-7-5-4-6-16(17)12-18(19)20(23)22-14(2)15-8-10-21-11-9-15/h4-14H,3H2,1-2H3,(H,22,23). The molecule has 1 amide bonds. The van der Waals surface area contributed by atoms with E-state index in [9.17, 15) is 4.79 Å². The monoisotopic (exact) mass is 320 g/mol. The molecule has 1 aromatic heterocycles. The highest BCUT2D eigenvalue weighted by Gasteiger charge is 2.17. The number of rotatable bonds is 5. The van der Waals surface area contributed by atoms with Crippen LogP contribution in [0.5, 0.6) is 5.75 Å². The van der Waals surface area contributed by atoms with Gasteiger partial charge >= 0.3 is 0 Å². The Labute approximate surface area is 141 Å². The van der Waals surface area contributed by atoms with Gasteiger partial charge in [0, 0.05) is 12.4 Å². The molecule has 3 aromatic rings. The van der Waals surface area contributed by atoms with Crippen molar-refractivity contribution >= 4 is 16.7 Å². The van der Waals surface area contributed by atoms with E-state index in [2.05, 4.69) is 10.3 Å². The van der Waals surface area contributed by atoms with E-state index in [-0.39, 0.29) is 11.9 Å². The third-order valence-electron chi connectivity index (χ3n) is 3.95. The maximum atomic E-state index is 12.8. The lowest BCUT2D eigenvalue weighted by atomic mass is 10.0. The van der Waals surface area contributed by atoms with Crippen LogP contribution in [-0.2, 0) is 0 Å². The number of nitrogens with one attached hydrogen (secondary N) is 1. The van der Waals surface area contributed by atoms with Gasteiger partial charge in [0.05, 0.1) is 18.2 Å². The minimum absolute atomic E-state index is 0.110. The molecule has 24 heavy (non-hydrogen) atoms. The molecular weight excluding hydrogens is 300 g/mol. The van der Waals surface area contributed by atoms with Crippen LogP contribution in [0.3, 0.4) is 0 Å². The van der Waals surface area contributed by atoms with Gasteiger partial charge in [0.25, 0.3) is 5.91 Å². The first-order chi connectivity index (χ1) is 11.7. The van der Waals surface area contributed by atoms with E-state index in [4.69, 9.17) is 4.74 Å². The van der Waals surface area contributed by atoms with Crippen LogP contribution in [-0.4, -0.2) is 17.5 Å². The lowest BCUT2D eigenvalue weighted by molar-refractivity contribution is 0.0936. The summed E-state index contributed by atoms with van der Waals surface area (Å²) >= 11 is 0. The van der Waals surface area contributed by atoms with Crippen LogP contribution in [0, 0.1) is 0 Å². The number of benzene rings is 2. The molecule has 0 saturated carbocycles. The van der Waals surface area contributed by atoms with Crippen LogP contribution in [0.15, 0.2) is 60.9 Å². The molecular formula is C20H20N2O2. The Kier molecular flexibility index (Phi) is 4.75. The number of fused-ring (bicyclic) bond motifs is 1. The molecule has 3 rings (SSSR count). The van der Waals surface area contributed by atoms with E-state index >= 15 is 0 Å². The van der Waals surface area contributed by atoms with Crippen molar-refractivity contribution in [3.05, 3.63) is 72.1 Å². The molecule has 1 unspecified atom stereocenters. The van der Waals surface area contributed by atoms with Crippen molar-refractivity contribution in [2.75, 3.05) is 6.61 Å². The quantitative estimate of drug-likeness (QED) is 0.769. The molecule has 0 spiro atoms. The summed E-state index contributed by atoms with van der Waals surface area (Å²) in [5, 5.41) is 5.10. The minimum Gasteiger partial charge on any atom is -0.493 e. The Morgan fingerprint density at radius 1 is 1.12 bits per heavy atom. The SMILES string of the molecule is CCOc1cc2ccccc2cc1C(=O)NC(C)c1ccncc1. The zero-order valence-electron chi connectivity index (χ0n) is 13.8. The molecule has 0 radical (unpaired) electrons. The molecule has 0 saturated heterocycles. The molecule has 0 aliphatic heterocycles. The number of nitrogens with zero attached hydrogens (tertiary/aromatic N) is 1. The van der Waals surface area contributed by atoms with Crippen LogP contribution < -0.4 is 10.1 Å². The maximum absolute atomic E-state index is 12.8. The Bertz CT molecular complexity index is 847. The van der Waals surface area contributed by atoms with Crippen LogP contribution in [0.2, 0.25) is 0 Å². The highest BCUT2D eigenvalue weighted by atomic mass is 16.5. The van der Waals surface area contributed by atoms with Crippen molar-refractivity contribution in [1.82, 2.24) is 10.3 Å². The molecule has 1 heterocycles. The van der Waals surface area contributed by atoms with Gasteiger partial charge < -0.3 is 10.1 Å². The Balaban J connectivity index is 1.91. The summed E-state index contributed by atoms with van der Waals surface area (Å²) in [6.07, 6.45) is 3.44. The number of amides is 1. The van der Waals surface area contributed by atoms with Gasteiger partial charge in [-0.15, -0.1) is 0 Å². The molecule has 0 bridgehead atoms. The summed E-state index contributed by atoms with van der Waals surface area (Å²) in [5.74, 6) is 0.462. The summed E-state index contributed by atoms with van der Waals surface area (Å²) in [4.78, 5) is 16.8. The number of pyridine rings is 1. The number of ether oxygens (including phenoxy) is 1. The van der Waals surface area contributed by atoms with Gasteiger partial charge in [0.15, 0.2) is 0 Å². The van der Waals surface area contributed by atoms with Crippen LogP contribution in [0.1, 0.15) is 35.8 Å². The first-order valence-electron chi connectivity index (χ1n) is 8.05. The predicted octanol–water partition coefficient (Wildman–Crippen LogP) is 4.12. The van der Waals surface area contributed by atoms with Gasteiger partial charge in [-0.2, -0.15) is 0 Å². The van der Waals surface area contributed by atoms with Crippen molar-refractivity contribution in [3.8, 4) is 5.75 Å². The second-order valence-corrected chi connectivity index (χ2v) is 5.60. The molecule has 122 valence electrons. The summed E-state index contributed by atoms with van der Waals surface area (Å²) in [6, 6.07) is 15.4. The second kappa shape index (κ2) is 7.13. The zero-order chi connectivity index (χ0) is 16.9. The van der Waals surface area contributed by atoms with Crippen molar-refractivity contribution < 1.29 is 9.53 Å². The lowest BCUT2D eigenvalue weighted by Gasteiger charge is -2.16. The Morgan fingerprint density at radius 3 is 2.46 bits per heavy atom. The topological polar surface area (TPSA) is 51.2 Å². The molecule has 0 aliphatic carbocycles. The smallest absolute Gasteiger partial charge is 0.255 e. The molecule has 1 N–H and O–H groups in total. The number of carbonyl (C=O) groups is 1. The third-order valence-corrected chi connectivity index (χ3v) is 3.95. The molecule has 4 nitrogen and oxygen atoms in total. The van der Waals surface area contributed by atoms with Crippen LogP contribution in [0.25, 0.3) is 10.8 Å². The fourth-order valence-corrected chi connectivity index (χ4v) is 2.68. The minimum atomic E-state index is -0.145. The number of hydrogen-bond acceptors (Lipinski definition) is 3. The van der Waals surface area contributed by atoms with Crippen molar-refractivity contribution in [2.24, 2.45) is 0 Å². The van der Waals surface area contributed by atoms with Crippen molar-refractivity contribution in [1.29, 1.82) is 0 Å². The van der Waals surface area contributed by atoms with E-state index < -0.39 is 0 Å². The van der Waals surface area contributed by atoms with E-state index in [1.807, 2.05) is 62.4 Å².